The van der Waals surface area contributed by atoms with E-state index >= 15 is 0 Å². The lowest BCUT2D eigenvalue weighted by molar-refractivity contribution is 0.514. The first-order valence-electron chi connectivity index (χ1n) is 5.25. The van der Waals surface area contributed by atoms with Crippen molar-refractivity contribution in [1.82, 2.24) is 0 Å². The fraction of sp³-hybridized carbons (Fsp3) is 0.0769. The van der Waals surface area contributed by atoms with Gasteiger partial charge in [-0.15, -0.1) is 0 Å². The van der Waals surface area contributed by atoms with Crippen LogP contribution in [0.5, 0.6) is 0 Å². The lowest BCUT2D eigenvalue weighted by Gasteiger charge is -2.16. The smallest absolute Gasteiger partial charge is 0.134 e. The van der Waals surface area contributed by atoms with Gasteiger partial charge in [0.25, 0.3) is 0 Å². The molecule has 0 amide bonds. The van der Waals surface area contributed by atoms with Gasteiger partial charge in [0.15, 0.2) is 0 Å². The Kier molecular flexibility index (Phi) is 3.78. The van der Waals surface area contributed by atoms with Crippen molar-refractivity contribution in [3.63, 3.8) is 0 Å². The summed E-state index contributed by atoms with van der Waals surface area (Å²) < 4.78 is 53.1. The second-order valence-corrected chi connectivity index (χ2v) is 4.33. The molecule has 2 N–H and O–H groups in total. The largest absolute Gasteiger partial charge is 0.320 e. The summed E-state index contributed by atoms with van der Waals surface area (Å²) in [5.41, 5.74) is 5.14. The van der Waals surface area contributed by atoms with Gasteiger partial charge in [0.05, 0.1) is 6.04 Å². The standard InChI is InChI=1S/C13H8ClF4N/c14-9-2-1-6(15)3-8(9)13(19)12-10(17)4-7(16)5-11(12)18/h1-5,13H,19H2. The van der Waals surface area contributed by atoms with Gasteiger partial charge in [0, 0.05) is 22.7 Å². The van der Waals surface area contributed by atoms with Crippen molar-refractivity contribution >= 4 is 11.6 Å². The number of benzene rings is 2. The van der Waals surface area contributed by atoms with Crippen molar-refractivity contribution in [1.29, 1.82) is 0 Å². The molecule has 6 heteroatoms. The molecular weight excluding hydrogens is 282 g/mol. The first-order chi connectivity index (χ1) is 8.90. The highest BCUT2D eigenvalue weighted by molar-refractivity contribution is 6.31. The van der Waals surface area contributed by atoms with Crippen LogP contribution in [0.3, 0.4) is 0 Å². The Morgan fingerprint density at radius 2 is 1.47 bits per heavy atom. The van der Waals surface area contributed by atoms with E-state index in [1.807, 2.05) is 0 Å². The molecule has 100 valence electrons. The van der Waals surface area contributed by atoms with Gasteiger partial charge in [0.1, 0.15) is 23.3 Å². The molecule has 0 aliphatic rings. The van der Waals surface area contributed by atoms with Gasteiger partial charge in [-0.2, -0.15) is 0 Å². The van der Waals surface area contributed by atoms with Gasteiger partial charge in [-0.25, -0.2) is 17.6 Å². The third-order valence-electron chi connectivity index (χ3n) is 2.65. The summed E-state index contributed by atoms with van der Waals surface area (Å²) in [6, 6.07) is 2.98. The summed E-state index contributed by atoms with van der Waals surface area (Å²) >= 11 is 5.81. The third kappa shape index (κ3) is 2.72. The molecule has 1 unspecified atom stereocenters. The molecule has 2 aromatic rings. The molecule has 0 heterocycles. The van der Waals surface area contributed by atoms with Crippen molar-refractivity contribution in [2.45, 2.75) is 6.04 Å². The minimum Gasteiger partial charge on any atom is -0.320 e. The van der Waals surface area contributed by atoms with E-state index < -0.39 is 34.9 Å². The van der Waals surface area contributed by atoms with E-state index in [1.165, 1.54) is 6.07 Å². The van der Waals surface area contributed by atoms with Crippen LogP contribution in [-0.2, 0) is 0 Å². The maximum atomic E-state index is 13.6. The molecule has 0 aromatic heterocycles. The Labute approximate surface area is 111 Å². The average Bonchev–Trinajstić information content (AvgIpc) is 2.30. The van der Waals surface area contributed by atoms with Crippen LogP contribution in [0.2, 0.25) is 5.02 Å². The normalized spacial score (nSPS) is 12.5. The number of hydrogen-bond acceptors (Lipinski definition) is 1. The predicted octanol–water partition coefficient (Wildman–Crippen LogP) is 3.94. The Hall–Kier alpha value is -1.59. The van der Waals surface area contributed by atoms with E-state index in [4.69, 9.17) is 17.3 Å². The molecule has 1 atom stereocenters. The minimum absolute atomic E-state index is 0.0195. The molecule has 1 nitrogen and oxygen atoms in total. The molecule has 0 radical (unpaired) electrons. The van der Waals surface area contributed by atoms with Crippen molar-refractivity contribution < 1.29 is 17.6 Å². The Morgan fingerprint density at radius 3 is 2.05 bits per heavy atom. The van der Waals surface area contributed by atoms with E-state index in [0.717, 1.165) is 12.1 Å². The number of halogens is 5. The van der Waals surface area contributed by atoms with Crippen LogP contribution < -0.4 is 5.73 Å². The summed E-state index contributed by atoms with van der Waals surface area (Å²) in [5, 5.41) is 0.0667. The Bertz CT molecular complexity index is 607. The second-order valence-electron chi connectivity index (χ2n) is 3.93. The van der Waals surface area contributed by atoms with E-state index in [9.17, 15) is 17.6 Å². The van der Waals surface area contributed by atoms with E-state index in [2.05, 4.69) is 0 Å². The van der Waals surface area contributed by atoms with Crippen LogP contribution >= 0.6 is 11.6 Å². The maximum Gasteiger partial charge on any atom is 0.134 e. The van der Waals surface area contributed by atoms with Gasteiger partial charge in [-0.1, -0.05) is 11.6 Å². The molecule has 19 heavy (non-hydrogen) atoms. The van der Waals surface area contributed by atoms with E-state index in [1.54, 1.807) is 0 Å². The lowest BCUT2D eigenvalue weighted by Crippen LogP contribution is -2.16. The summed E-state index contributed by atoms with van der Waals surface area (Å²) in [6.07, 6.45) is 0. The molecule has 0 bridgehead atoms. The molecule has 0 aliphatic carbocycles. The van der Waals surface area contributed by atoms with Crippen LogP contribution in [0.25, 0.3) is 0 Å². The zero-order valence-corrected chi connectivity index (χ0v) is 10.2. The summed E-state index contributed by atoms with van der Waals surface area (Å²) in [7, 11) is 0. The predicted molar refractivity (Wildman–Crippen MR) is 63.8 cm³/mol. The van der Waals surface area contributed by atoms with Crippen molar-refractivity contribution in [2.24, 2.45) is 5.73 Å². The van der Waals surface area contributed by atoms with Gasteiger partial charge in [-0.3, -0.25) is 0 Å². The fourth-order valence-electron chi connectivity index (χ4n) is 1.76. The van der Waals surface area contributed by atoms with Gasteiger partial charge in [0.2, 0.25) is 0 Å². The van der Waals surface area contributed by atoms with Crippen LogP contribution in [-0.4, -0.2) is 0 Å². The molecule has 2 rings (SSSR count). The fourth-order valence-corrected chi connectivity index (χ4v) is 1.99. The second kappa shape index (κ2) is 5.19. The highest BCUT2D eigenvalue weighted by Gasteiger charge is 2.22. The monoisotopic (exact) mass is 289 g/mol. The Morgan fingerprint density at radius 1 is 0.895 bits per heavy atom. The number of hydrogen-bond donors (Lipinski definition) is 1. The van der Waals surface area contributed by atoms with Crippen LogP contribution in [0.4, 0.5) is 17.6 Å². The molecule has 0 saturated carbocycles. The summed E-state index contributed by atoms with van der Waals surface area (Å²) in [4.78, 5) is 0. The molecular formula is C13H8ClF4N. The summed E-state index contributed by atoms with van der Waals surface area (Å²) in [6.45, 7) is 0. The maximum absolute atomic E-state index is 13.6. The molecule has 2 aromatic carbocycles. The average molecular weight is 290 g/mol. The van der Waals surface area contributed by atoms with Crippen LogP contribution in [0, 0.1) is 23.3 Å². The van der Waals surface area contributed by atoms with Crippen molar-refractivity contribution in [3.8, 4) is 0 Å². The molecule has 0 saturated heterocycles. The molecule has 0 fully saturated rings. The SMILES string of the molecule is NC(c1cc(F)ccc1Cl)c1c(F)cc(F)cc1F. The van der Waals surface area contributed by atoms with Crippen molar-refractivity contribution in [2.75, 3.05) is 0 Å². The van der Waals surface area contributed by atoms with Crippen molar-refractivity contribution in [3.05, 3.63) is 69.8 Å². The summed E-state index contributed by atoms with van der Waals surface area (Å²) in [5.74, 6) is -4.00. The first kappa shape index (κ1) is 13.8. The lowest BCUT2D eigenvalue weighted by atomic mass is 9.98. The topological polar surface area (TPSA) is 26.0 Å². The van der Waals surface area contributed by atoms with Gasteiger partial charge in [-0.05, 0) is 23.8 Å². The highest BCUT2D eigenvalue weighted by atomic mass is 35.5. The van der Waals surface area contributed by atoms with E-state index in [-0.39, 0.29) is 10.6 Å². The van der Waals surface area contributed by atoms with Gasteiger partial charge >= 0.3 is 0 Å². The molecule has 0 aliphatic heterocycles. The third-order valence-corrected chi connectivity index (χ3v) is 2.99. The molecule has 0 spiro atoms. The zero-order chi connectivity index (χ0) is 14.2. The minimum atomic E-state index is -1.33. The highest BCUT2D eigenvalue weighted by Crippen LogP contribution is 2.30. The quantitative estimate of drug-likeness (QED) is 0.833. The number of nitrogens with two attached hydrogens (primary N) is 1. The van der Waals surface area contributed by atoms with E-state index in [0.29, 0.717) is 12.1 Å². The van der Waals surface area contributed by atoms with Crippen LogP contribution in [0.15, 0.2) is 30.3 Å². The first-order valence-corrected chi connectivity index (χ1v) is 5.63. The Balaban J connectivity index is 2.56. The zero-order valence-electron chi connectivity index (χ0n) is 9.43. The van der Waals surface area contributed by atoms with Crippen LogP contribution in [0.1, 0.15) is 17.2 Å². The van der Waals surface area contributed by atoms with Gasteiger partial charge < -0.3 is 5.73 Å². The number of rotatable bonds is 2.